The maximum absolute atomic E-state index is 8.85. The summed E-state index contributed by atoms with van der Waals surface area (Å²) in [7, 11) is 2.16. The van der Waals surface area contributed by atoms with E-state index in [1.54, 1.807) is 6.20 Å². The molecule has 2 aromatic heterocycles. The number of ether oxygens (including phenoxy) is 1. The van der Waals surface area contributed by atoms with Crippen molar-refractivity contribution in [2.24, 2.45) is 0 Å². The van der Waals surface area contributed by atoms with E-state index < -0.39 is 0 Å². The van der Waals surface area contributed by atoms with Crippen molar-refractivity contribution in [2.75, 3.05) is 43.4 Å². The molecule has 1 saturated heterocycles. The largest absolute Gasteiger partial charge is 0.455 e. The summed E-state index contributed by atoms with van der Waals surface area (Å²) in [6, 6.07) is 28.1. The summed E-state index contributed by atoms with van der Waals surface area (Å²) in [5.74, 6) is 1.88. The molecule has 1 N–H and O–H groups in total. The van der Waals surface area contributed by atoms with Gasteiger partial charge in [-0.05, 0) is 55.1 Å². The number of nitriles is 1. The van der Waals surface area contributed by atoms with Gasteiger partial charge in [0, 0.05) is 60.9 Å². The number of aromatic nitrogens is 3. The molecule has 3 heterocycles. The van der Waals surface area contributed by atoms with Gasteiger partial charge in [0.25, 0.3) is 0 Å². The first-order valence-electron chi connectivity index (χ1n) is 13.3. The SMILES string of the molecule is CN1CCN(c2cccc(Nc3ncc4cccc(Oc5ccc(-c6ccc(CC#N)nc6)cc5)c4n3)c2)CC1. The molecular formula is C32H29N7O. The molecule has 3 aromatic carbocycles. The molecule has 0 spiro atoms. The van der Waals surface area contributed by atoms with Gasteiger partial charge in [0.05, 0.1) is 18.2 Å². The number of nitrogens with one attached hydrogen (secondary N) is 1. The fourth-order valence-electron chi connectivity index (χ4n) is 4.77. The predicted molar refractivity (Wildman–Crippen MR) is 158 cm³/mol. The summed E-state index contributed by atoms with van der Waals surface area (Å²) < 4.78 is 6.27. The van der Waals surface area contributed by atoms with Crippen molar-refractivity contribution in [3.8, 4) is 28.7 Å². The average molecular weight is 528 g/mol. The molecule has 0 atom stereocenters. The minimum atomic E-state index is 0.307. The Labute approximate surface area is 233 Å². The fourth-order valence-corrected chi connectivity index (χ4v) is 4.77. The molecule has 6 rings (SSSR count). The summed E-state index contributed by atoms with van der Waals surface area (Å²) in [6.07, 6.45) is 3.91. The van der Waals surface area contributed by atoms with Crippen LogP contribution in [0.3, 0.4) is 0 Å². The van der Waals surface area contributed by atoms with E-state index in [4.69, 9.17) is 15.0 Å². The van der Waals surface area contributed by atoms with E-state index in [2.05, 4.69) is 56.4 Å². The molecule has 0 amide bonds. The zero-order chi connectivity index (χ0) is 27.3. The summed E-state index contributed by atoms with van der Waals surface area (Å²) in [5.41, 5.74) is 5.64. The second-order valence-corrected chi connectivity index (χ2v) is 9.85. The van der Waals surface area contributed by atoms with Crippen molar-refractivity contribution in [3.63, 3.8) is 0 Å². The van der Waals surface area contributed by atoms with Gasteiger partial charge in [-0.25, -0.2) is 9.97 Å². The lowest BCUT2D eigenvalue weighted by atomic mass is 10.1. The Balaban J connectivity index is 1.19. The fraction of sp³-hybridized carbons (Fsp3) is 0.188. The number of piperazine rings is 1. The van der Waals surface area contributed by atoms with E-state index in [0.29, 0.717) is 23.9 Å². The molecule has 0 aliphatic carbocycles. The van der Waals surface area contributed by atoms with E-state index in [1.165, 1.54) is 5.69 Å². The number of pyridine rings is 1. The summed E-state index contributed by atoms with van der Waals surface area (Å²) >= 11 is 0. The summed E-state index contributed by atoms with van der Waals surface area (Å²) in [4.78, 5) is 18.5. The smallest absolute Gasteiger partial charge is 0.227 e. The molecule has 8 nitrogen and oxygen atoms in total. The van der Waals surface area contributed by atoms with Gasteiger partial charge in [-0.15, -0.1) is 0 Å². The maximum Gasteiger partial charge on any atom is 0.227 e. The Hall–Kier alpha value is -5.00. The van der Waals surface area contributed by atoms with Gasteiger partial charge in [0.1, 0.15) is 11.3 Å². The van der Waals surface area contributed by atoms with Crippen molar-refractivity contribution in [1.82, 2.24) is 19.9 Å². The second-order valence-electron chi connectivity index (χ2n) is 9.85. The summed E-state index contributed by atoms with van der Waals surface area (Å²) in [6.45, 7) is 4.15. The molecule has 0 radical (unpaired) electrons. The number of rotatable bonds is 7. The van der Waals surface area contributed by atoms with Gasteiger partial charge in [0.2, 0.25) is 5.95 Å². The normalized spacial score (nSPS) is 13.7. The predicted octanol–water partition coefficient (Wildman–Crippen LogP) is 6.05. The van der Waals surface area contributed by atoms with Gasteiger partial charge in [0.15, 0.2) is 5.75 Å². The molecule has 8 heteroatoms. The van der Waals surface area contributed by atoms with Crippen molar-refractivity contribution < 1.29 is 4.74 Å². The van der Waals surface area contributed by atoms with Gasteiger partial charge in [-0.3, -0.25) is 4.98 Å². The lowest BCUT2D eigenvalue weighted by Gasteiger charge is -2.34. The van der Waals surface area contributed by atoms with Crippen LogP contribution in [0.1, 0.15) is 5.69 Å². The van der Waals surface area contributed by atoms with E-state index >= 15 is 0 Å². The molecular weight excluding hydrogens is 498 g/mol. The third kappa shape index (κ3) is 5.70. The monoisotopic (exact) mass is 527 g/mol. The Bertz CT molecular complexity index is 1650. The van der Waals surface area contributed by atoms with Crippen LogP contribution in [0.5, 0.6) is 11.5 Å². The molecule has 0 unspecified atom stereocenters. The van der Waals surface area contributed by atoms with E-state index in [9.17, 15) is 0 Å². The zero-order valence-corrected chi connectivity index (χ0v) is 22.3. The number of hydrogen-bond donors (Lipinski definition) is 1. The topological polar surface area (TPSA) is 90.2 Å². The van der Waals surface area contributed by atoms with E-state index in [0.717, 1.165) is 59.6 Å². The highest BCUT2D eigenvalue weighted by Gasteiger charge is 2.15. The Morgan fingerprint density at radius 2 is 1.68 bits per heavy atom. The number of hydrogen-bond acceptors (Lipinski definition) is 8. The lowest BCUT2D eigenvalue weighted by molar-refractivity contribution is 0.313. The summed E-state index contributed by atoms with van der Waals surface area (Å²) in [5, 5.41) is 13.1. The van der Waals surface area contributed by atoms with Gasteiger partial charge < -0.3 is 19.9 Å². The van der Waals surface area contributed by atoms with Crippen molar-refractivity contribution in [2.45, 2.75) is 6.42 Å². The Kier molecular flexibility index (Phi) is 7.20. The maximum atomic E-state index is 8.85. The molecule has 1 aliphatic heterocycles. The third-order valence-corrected chi connectivity index (χ3v) is 7.04. The number of anilines is 3. The molecule has 0 bridgehead atoms. The molecule has 5 aromatic rings. The second kappa shape index (κ2) is 11.4. The van der Waals surface area contributed by atoms with Crippen molar-refractivity contribution >= 4 is 28.2 Å². The molecule has 1 fully saturated rings. The highest BCUT2D eigenvalue weighted by Crippen LogP contribution is 2.31. The molecule has 40 heavy (non-hydrogen) atoms. The highest BCUT2D eigenvalue weighted by molar-refractivity contribution is 5.85. The van der Waals surface area contributed by atoms with Crippen LogP contribution in [0, 0.1) is 11.3 Å². The van der Waals surface area contributed by atoms with Crippen LogP contribution in [0.15, 0.2) is 91.3 Å². The van der Waals surface area contributed by atoms with Crippen LogP contribution in [-0.2, 0) is 6.42 Å². The standard InChI is InChI=1S/C32H29N7O/c1-38-16-18-39(19-17-38)28-6-3-5-27(20-28)36-32-35-22-25-4-2-7-30(31(25)37-32)40-29-12-9-23(10-13-29)24-8-11-26(14-15-33)34-21-24/h2-13,20-22H,14,16-19H2,1H3,(H,35,36,37). The van der Waals surface area contributed by atoms with Crippen LogP contribution in [0.25, 0.3) is 22.0 Å². The van der Waals surface area contributed by atoms with Crippen LogP contribution in [-0.4, -0.2) is 53.1 Å². The first-order chi connectivity index (χ1) is 19.6. The van der Waals surface area contributed by atoms with E-state index in [1.807, 2.05) is 66.9 Å². The first kappa shape index (κ1) is 25.3. The lowest BCUT2D eigenvalue weighted by Crippen LogP contribution is -2.44. The number of nitrogens with zero attached hydrogens (tertiary/aromatic N) is 6. The number of benzene rings is 3. The average Bonchev–Trinajstić information content (AvgIpc) is 2.99. The van der Waals surface area contributed by atoms with Gasteiger partial charge >= 0.3 is 0 Å². The number of fused-ring (bicyclic) bond motifs is 1. The van der Waals surface area contributed by atoms with Crippen LogP contribution < -0.4 is 15.0 Å². The minimum absolute atomic E-state index is 0.307. The number of likely N-dealkylation sites (N-methyl/N-ethyl adjacent to an activating group) is 1. The zero-order valence-electron chi connectivity index (χ0n) is 22.3. The van der Waals surface area contributed by atoms with Gasteiger partial charge in [-0.2, -0.15) is 5.26 Å². The van der Waals surface area contributed by atoms with Crippen LogP contribution in [0.4, 0.5) is 17.3 Å². The number of para-hydroxylation sites is 1. The third-order valence-electron chi connectivity index (χ3n) is 7.04. The van der Waals surface area contributed by atoms with Crippen LogP contribution in [0.2, 0.25) is 0 Å². The molecule has 1 aliphatic rings. The molecule has 0 saturated carbocycles. The van der Waals surface area contributed by atoms with Gasteiger partial charge in [-0.1, -0.05) is 36.4 Å². The Morgan fingerprint density at radius 3 is 2.45 bits per heavy atom. The van der Waals surface area contributed by atoms with Crippen LogP contribution >= 0.6 is 0 Å². The van der Waals surface area contributed by atoms with Crippen molar-refractivity contribution in [3.05, 3.63) is 97.0 Å². The van der Waals surface area contributed by atoms with Crippen molar-refractivity contribution in [1.29, 1.82) is 5.26 Å². The Morgan fingerprint density at radius 1 is 0.875 bits per heavy atom. The van der Waals surface area contributed by atoms with E-state index in [-0.39, 0.29) is 0 Å². The quantitative estimate of drug-likeness (QED) is 0.274. The molecule has 198 valence electrons. The first-order valence-corrected chi connectivity index (χ1v) is 13.3. The minimum Gasteiger partial charge on any atom is -0.455 e. The highest BCUT2D eigenvalue weighted by atomic mass is 16.5.